The molecular weight excluding hydrogens is 398 g/mol. The van der Waals surface area contributed by atoms with Gasteiger partial charge in [-0.3, -0.25) is 4.79 Å². The first-order valence-corrected chi connectivity index (χ1v) is 9.99. The Bertz CT molecular complexity index is 1000. The number of nitrogens with zero attached hydrogens (tertiary/aromatic N) is 5. The molecule has 0 unspecified atom stereocenters. The predicted octanol–water partition coefficient (Wildman–Crippen LogP) is 3.92. The first kappa shape index (κ1) is 18.8. The van der Waals surface area contributed by atoms with Crippen molar-refractivity contribution in [3.8, 4) is 0 Å². The number of hydrazone groups is 1. The molecule has 1 aromatic carbocycles. The van der Waals surface area contributed by atoms with E-state index in [-0.39, 0.29) is 17.2 Å². The number of hydrogen-bond acceptors (Lipinski definition) is 6. The largest absolute Gasteiger partial charge is 0.467 e. The van der Waals surface area contributed by atoms with Crippen LogP contribution in [0.3, 0.4) is 0 Å². The molecule has 0 saturated carbocycles. The van der Waals surface area contributed by atoms with Crippen LogP contribution in [0, 0.1) is 0 Å². The topological polar surface area (TPSA) is 76.5 Å². The van der Waals surface area contributed by atoms with Gasteiger partial charge in [-0.15, -0.1) is 10.2 Å². The third-order valence-electron chi connectivity index (χ3n) is 4.49. The van der Waals surface area contributed by atoms with E-state index in [1.165, 1.54) is 16.8 Å². The van der Waals surface area contributed by atoms with Crippen LogP contribution in [0.1, 0.15) is 30.7 Å². The Hall–Kier alpha value is -2.58. The molecule has 3 aromatic rings. The molecule has 1 amide bonds. The Labute approximate surface area is 171 Å². The maximum Gasteiger partial charge on any atom is 0.256 e. The zero-order chi connectivity index (χ0) is 19.7. The lowest BCUT2D eigenvalue weighted by Crippen LogP contribution is -2.33. The lowest BCUT2D eigenvalue weighted by Gasteiger charge is -2.22. The molecule has 0 bridgehead atoms. The molecule has 1 aliphatic heterocycles. The van der Waals surface area contributed by atoms with E-state index in [1.807, 2.05) is 50.4 Å². The SMILES string of the molecule is C[C@@H](Sc1nncn1C)C(=O)N1N=C(c2ccc(Cl)cc2)C[C@H]1c1ccco1. The number of halogens is 1. The molecule has 0 fully saturated rings. The third-order valence-corrected chi connectivity index (χ3v) is 5.87. The summed E-state index contributed by atoms with van der Waals surface area (Å²) in [5.41, 5.74) is 1.76. The van der Waals surface area contributed by atoms with Gasteiger partial charge in [0.05, 0.1) is 17.2 Å². The molecule has 2 atom stereocenters. The fourth-order valence-electron chi connectivity index (χ4n) is 3.01. The minimum Gasteiger partial charge on any atom is -0.467 e. The molecular formula is C19H18ClN5O2S. The maximum absolute atomic E-state index is 13.2. The van der Waals surface area contributed by atoms with Crippen molar-refractivity contribution in [2.24, 2.45) is 12.1 Å². The summed E-state index contributed by atoms with van der Waals surface area (Å²) >= 11 is 7.35. The molecule has 4 rings (SSSR count). The average Bonchev–Trinajstić information content (AvgIpc) is 3.43. The second-order valence-corrected chi connectivity index (χ2v) is 8.20. The van der Waals surface area contributed by atoms with Gasteiger partial charge in [0.15, 0.2) is 5.16 Å². The van der Waals surface area contributed by atoms with E-state index < -0.39 is 0 Å². The van der Waals surface area contributed by atoms with Crippen molar-refractivity contribution in [1.29, 1.82) is 0 Å². The molecule has 2 aromatic heterocycles. The van der Waals surface area contributed by atoms with Gasteiger partial charge in [-0.2, -0.15) is 5.10 Å². The normalized spacial score (nSPS) is 17.6. The summed E-state index contributed by atoms with van der Waals surface area (Å²) in [6.45, 7) is 1.84. The highest BCUT2D eigenvalue weighted by Gasteiger charge is 2.37. The maximum atomic E-state index is 13.2. The van der Waals surface area contributed by atoms with E-state index >= 15 is 0 Å². The second kappa shape index (κ2) is 7.81. The van der Waals surface area contributed by atoms with Gasteiger partial charge in [-0.1, -0.05) is 35.5 Å². The molecule has 3 heterocycles. The number of thioether (sulfide) groups is 1. The Balaban J connectivity index is 1.61. The van der Waals surface area contributed by atoms with Gasteiger partial charge in [0.2, 0.25) is 0 Å². The summed E-state index contributed by atoms with van der Waals surface area (Å²) in [6, 6.07) is 10.9. The Morgan fingerprint density at radius 2 is 2.11 bits per heavy atom. The van der Waals surface area contributed by atoms with Crippen molar-refractivity contribution in [2.75, 3.05) is 0 Å². The standard InChI is InChI=1S/C19H18ClN5O2S/c1-12(28-19-22-21-11-24(19)2)18(26)25-16(17-4-3-9-27-17)10-15(23-25)13-5-7-14(20)8-6-13/h3-9,11-12,16H,10H2,1-2H3/t12-,16+/m1/s1. The Morgan fingerprint density at radius 3 is 2.75 bits per heavy atom. The van der Waals surface area contributed by atoms with Gasteiger partial charge in [-0.05, 0) is 36.8 Å². The Kier molecular flexibility index (Phi) is 5.23. The van der Waals surface area contributed by atoms with Crippen LogP contribution in [-0.4, -0.2) is 36.6 Å². The van der Waals surface area contributed by atoms with Gasteiger partial charge in [-0.25, -0.2) is 5.01 Å². The molecule has 0 radical (unpaired) electrons. The average molecular weight is 416 g/mol. The molecule has 0 aliphatic carbocycles. The summed E-state index contributed by atoms with van der Waals surface area (Å²) in [4.78, 5) is 13.2. The quantitative estimate of drug-likeness (QED) is 0.590. The zero-order valence-corrected chi connectivity index (χ0v) is 16.9. The number of amides is 1. The number of benzene rings is 1. The van der Waals surface area contributed by atoms with E-state index in [2.05, 4.69) is 15.3 Å². The van der Waals surface area contributed by atoms with Crippen LogP contribution in [-0.2, 0) is 11.8 Å². The van der Waals surface area contributed by atoms with E-state index in [0.717, 1.165) is 11.3 Å². The van der Waals surface area contributed by atoms with E-state index in [1.54, 1.807) is 17.2 Å². The number of furan rings is 1. The van der Waals surface area contributed by atoms with E-state index in [4.69, 9.17) is 16.0 Å². The van der Waals surface area contributed by atoms with E-state index in [0.29, 0.717) is 22.4 Å². The molecule has 7 nitrogen and oxygen atoms in total. The fraction of sp³-hybridized carbons (Fsp3) is 0.263. The number of aromatic nitrogens is 3. The number of carbonyl (C=O) groups is 1. The van der Waals surface area contributed by atoms with Gasteiger partial charge in [0.1, 0.15) is 18.1 Å². The predicted molar refractivity (Wildman–Crippen MR) is 107 cm³/mol. The molecule has 9 heteroatoms. The third kappa shape index (κ3) is 3.70. The minimum atomic E-state index is -0.381. The number of rotatable bonds is 5. The first-order valence-electron chi connectivity index (χ1n) is 8.73. The monoisotopic (exact) mass is 415 g/mol. The number of carbonyl (C=O) groups excluding carboxylic acids is 1. The second-order valence-electron chi connectivity index (χ2n) is 6.46. The highest BCUT2D eigenvalue weighted by atomic mass is 35.5. The summed E-state index contributed by atoms with van der Waals surface area (Å²) in [7, 11) is 1.85. The smallest absolute Gasteiger partial charge is 0.256 e. The summed E-state index contributed by atoms with van der Waals surface area (Å²) in [5, 5.41) is 15.0. The van der Waals surface area contributed by atoms with Crippen molar-refractivity contribution < 1.29 is 9.21 Å². The van der Waals surface area contributed by atoms with Gasteiger partial charge in [0, 0.05) is 18.5 Å². The van der Waals surface area contributed by atoms with Crippen molar-refractivity contribution in [3.63, 3.8) is 0 Å². The fourth-order valence-corrected chi connectivity index (χ4v) is 3.97. The van der Waals surface area contributed by atoms with Crippen molar-refractivity contribution >= 4 is 35.0 Å². The van der Waals surface area contributed by atoms with Crippen LogP contribution in [0.2, 0.25) is 5.02 Å². The zero-order valence-electron chi connectivity index (χ0n) is 15.3. The number of hydrogen-bond donors (Lipinski definition) is 0. The molecule has 0 saturated heterocycles. The molecule has 1 aliphatic rings. The van der Waals surface area contributed by atoms with Crippen molar-refractivity contribution in [2.45, 2.75) is 29.8 Å². The lowest BCUT2D eigenvalue weighted by molar-refractivity contribution is -0.132. The van der Waals surface area contributed by atoms with Crippen LogP contribution in [0.5, 0.6) is 0 Å². The highest BCUT2D eigenvalue weighted by molar-refractivity contribution is 8.00. The number of aryl methyl sites for hydroxylation is 1. The lowest BCUT2D eigenvalue weighted by atomic mass is 10.0. The minimum absolute atomic E-state index is 0.113. The van der Waals surface area contributed by atoms with E-state index in [9.17, 15) is 4.79 Å². The van der Waals surface area contributed by atoms with Gasteiger partial charge < -0.3 is 8.98 Å². The van der Waals surface area contributed by atoms with Crippen molar-refractivity contribution in [3.05, 3.63) is 65.3 Å². The Morgan fingerprint density at radius 1 is 1.32 bits per heavy atom. The molecule has 144 valence electrons. The summed E-state index contributed by atoms with van der Waals surface area (Å²) < 4.78 is 7.37. The van der Waals surface area contributed by atoms with Crippen LogP contribution < -0.4 is 0 Å². The van der Waals surface area contributed by atoms with Crippen LogP contribution >= 0.6 is 23.4 Å². The first-order chi connectivity index (χ1) is 13.5. The molecule has 0 N–H and O–H groups in total. The van der Waals surface area contributed by atoms with Crippen LogP contribution in [0.15, 0.2) is 63.7 Å². The molecule has 0 spiro atoms. The van der Waals surface area contributed by atoms with Gasteiger partial charge >= 0.3 is 0 Å². The summed E-state index contributed by atoms with van der Waals surface area (Å²) in [6.07, 6.45) is 3.79. The van der Waals surface area contributed by atoms with Crippen LogP contribution in [0.25, 0.3) is 0 Å². The van der Waals surface area contributed by atoms with Gasteiger partial charge in [0.25, 0.3) is 5.91 Å². The van der Waals surface area contributed by atoms with Crippen molar-refractivity contribution in [1.82, 2.24) is 19.8 Å². The summed E-state index contributed by atoms with van der Waals surface area (Å²) in [5.74, 6) is 0.593. The molecule has 28 heavy (non-hydrogen) atoms. The van der Waals surface area contributed by atoms with Crippen LogP contribution in [0.4, 0.5) is 0 Å². The highest BCUT2D eigenvalue weighted by Crippen LogP contribution is 2.35.